The zero-order valence-corrected chi connectivity index (χ0v) is 12.9. The largest absolute Gasteiger partial charge is 0.417 e. The molecule has 128 valence electrons. The fourth-order valence-electron chi connectivity index (χ4n) is 2.66. The molecule has 2 aromatic rings. The van der Waals surface area contributed by atoms with Crippen LogP contribution in [-0.2, 0) is 12.6 Å². The van der Waals surface area contributed by atoms with Crippen molar-refractivity contribution in [1.29, 1.82) is 0 Å². The van der Waals surface area contributed by atoms with E-state index < -0.39 is 29.1 Å². The van der Waals surface area contributed by atoms with Crippen molar-refractivity contribution in [2.24, 2.45) is 0 Å². The lowest BCUT2D eigenvalue weighted by molar-refractivity contribution is -0.137. The molecular formula is C18H11F4NO2. The first-order valence-corrected chi connectivity index (χ1v) is 7.29. The summed E-state index contributed by atoms with van der Waals surface area (Å²) in [5.74, 6) is -1.55. The van der Waals surface area contributed by atoms with Gasteiger partial charge in [-0.15, -0.1) is 0 Å². The average molecular weight is 349 g/mol. The number of allylic oxidation sites excluding steroid dienone is 2. The van der Waals surface area contributed by atoms with Crippen LogP contribution in [0.3, 0.4) is 0 Å². The number of alkyl halides is 3. The Morgan fingerprint density at radius 1 is 1.00 bits per heavy atom. The number of pyridine rings is 1. The Morgan fingerprint density at radius 3 is 2.32 bits per heavy atom. The molecule has 0 saturated heterocycles. The van der Waals surface area contributed by atoms with Crippen LogP contribution in [-0.4, -0.2) is 16.6 Å². The fraction of sp³-hybridized carbons (Fsp3) is 0.167. The van der Waals surface area contributed by atoms with Crippen molar-refractivity contribution in [1.82, 2.24) is 4.98 Å². The Hall–Kier alpha value is -2.83. The summed E-state index contributed by atoms with van der Waals surface area (Å²) in [6.07, 6.45) is -3.89. The Kier molecular flexibility index (Phi) is 4.02. The van der Waals surface area contributed by atoms with E-state index in [1.54, 1.807) is 0 Å². The SMILES string of the molecule is CC1=C(Cc2ccc(C(F)(F)F)cn2)C(=O)c2ccc(F)cc2C1=O. The Morgan fingerprint density at radius 2 is 1.72 bits per heavy atom. The fourth-order valence-corrected chi connectivity index (χ4v) is 2.66. The van der Waals surface area contributed by atoms with E-state index in [4.69, 9.17) is 0 Å². The van der Waals surface area contributed by atoms with Gasteiger partial charge in [0.2, 0.25) is 0 Å². The normalized spacial score (nSPS) is 14.8. The summed E-state index contributed by atoms with van der Waals surface area (Å²) >= 11 is 0. The molecule has 1 aromatic heterocycles. The van der Waals surface area contributed by atoms with Crippen LogP contribution in [0.25, 0.3) is 0 Å². The lowest BCUT2D eigenvalue weighted by Crippen LogP contribution is -2.22. The molecule has 0 saturated carbocycles. The Balaban J connectivity index is 1.95. The van der Waals surface area contributed by atoms with Crippen molar-refractivity contribution in [3.63, 3.8) is 0 Å². The van der Waals surface area contributed by atoms with Crippen LogP contribution < -0.4 is 0 Å². The van der Waals surface area contributed by atoms with Crippen molar-refractivity contribution in [2.45, 2.75) is 19.5 Å². The highest BCUT2D eigenvalue weighted by Crippen LogP contribution is 2.30. The van der Waals surface area contributed by atoms with E-state index in [1.807, 2.05) is 0 Å². The smallest absolute Gasteiger partial charge is 0.289 e. The number of carbonyl (C=O) groups is 2. The van der Waals surface area contributed by atoms with E-state index in [9.17, 15) is 27.2 Å². The van der Waals surface area contributed by atoms with Gasteiger partial charge in [-0.1, -0.05) is 0 Å². The number of rotatable bonds is 2. The quantitative estimate of drug-likeness (QED) is 0.764. The van der Waals surface area contributed by atoms with Crippen molar-refractivity contribution in [2.75, 3.05) is 0 Å². The second-order valence-electron chi connectivity index (χ2n) is 5.66. The first-order chi connectivity index (χ1) is 11.7. The van der Waals surface area contributed by atoms with E-state index in [-0.39, 0.29) is 34.4 Å². The van der Waals surface area contributed by atoms with Gasteiger partial charge in [0, 0.05) is 40.6 Å². The van der Waals surface area contributed by atoms with Crippen molar-refractivity contribution in [3.8, 4) is 0 Å². The average Bonchev–Trinajstić information content (AvgIpc) is 2.56. The number of nitrogens with zero attached hydrogens (tertiary/aromatic N) is 1. The second kappa shape index (κ2) is 5.91. The third-order valence-electron chi connectivity index (χ3n) is 4.05. The summed E-state index contributed by atoms with van der Waals surface area (Å²) in [6.45, 7) is 1.44. The predicted octanol–water partition coefficient (Wildman–Crippen LogP) is 4.18. The number of benzene rings is 1. The van der Waals surface area contributed by atoms with E-state index in [0.717, 1.165) is 18.2 Å². The molecule has 0 aliphatic heterocycles. The lowest BCUT2D eigenvalue weighted by Gasteiger charge is -2.19. The van der Waals surface area contributed by atoms with Gasteiger partial charge in [0.05, 0.1) is 5.56 Å². The third kappa shape index (κ3) is 3.09. The van der Waals surface area contributed by atoms with Gasteiger partial charge in [0.25, 0.3) is 0 Å². The molecule has 0 unspecified atom stereocenters. The van der Waals surface area contributed by atoms with Crippen LogP contribution in [0, 0.1) is 5.82 Å². The first kappa shape index (κ1) is 17.0. The minimum absolute atomic E-state index is 0.00775. The summed E-state index contributed by atoms with van der Waals surface area (Å²) < 4.78 is 51.0. The number of Topliss-reactive ketones (excluding diaryl/α,β-unsaturated/α-hetero) is 2. The van der Waals surface area contributed by atoms with Gasteiger partial charge >= 0.3 is 6.18 Å². The lowest BCUT2D eigenvalue weighted by atomic mass is 9.83. The van der Waals surface area contributed by atoms with Crippen LogP contribution in [0.15, 0.2) is 47.7 Å². The predicted molar refractivity (Wildman–Crippen MR) is 80.7 cm³/mol. The van der Waals surface area contributed by atoms with E-state index in [2.05, 4.69) is 4.98 Å². The number of fused-ring (bicyclic) bond motifs is 1. The van der Waals surface area contributed by atoms with Crippen LogP contribution in [0.1, 0.15) is 38.9 Å². The molecular weight excluding hydrogens is 338 g/mol. The molecule has 25 heavy (non-hydrogen) atoms. The monoisotopic (exact) mass is 349 g/mol. The van der Waals surface area contributed by atoms with Crippen molar-refractivity contribution in [3.05, 3.63) is 75.9 Å². The molecule has 1 aliphatic carbocycles. The topological polar surface area (TPSA) is 47.0 Å². The van der Waals surface area contributed by atoms with Crippen LogP contribution in [0.4, 0.5) is 17.6 Å². The molecule has 1 heterocycles. The molecule has 0 fully saturated rings. The maximum Gasteiger partial charge on any atom is 0.417 e. The minimum Gasteiger partial charge on any atom is -0.289 e. The molecule has 0 atom stereocenters. The van der Waals surface area contributed by atoms with Gasteiger partial charge in [0.1, 0.15) is 5.82 Å². The standard InChI is InChI=1S/C18H11F4NO2/c1-9-14(7-12-4-2-10(8-23-12)18(20,21)22)17(25)13-5-3-11(19)6-15(13)16(9)24/h2-6,8H,7H2,1H3. The van der Waals surface area contributed by atoms with Crippen LogP contribution in [0.5, 0.6) is 0 Å². The molecule has 0 N–H and O–H groups in total. The first-order valence-electron chi connectivity index (χ1n) is 7.29. The van der Waals surface area contributed by atoms with Crippen LogP contribution in [0.2, 0.25) is 0 Å². The molecule has 3 rings (SSSR count). The summed E-state index contributed by atoms with van der Waals surface area (Å²) in [5, 5.41) is 0. The van der Waals surface area contributed by atoms with Gasteiger partial charge in [-0.05, 0) is 37.3 Å². The van der Waals surface area contributed by atoms with E-state index in [0.29, 0.717) is 6.20 Å². The molecule has 0 spiro atoms. The number of hydrogen-bond acceptors (Lipinski definition) is 3. The minimum atomic E-state index is -4.50. The number of carbonyl (C=O) groups excluding carboxylic acids is 2. The van der Waals surface area contributed by atoms with Crippen molar-refractivity contribution >= 4 is 11.6 Å². The highest BCUT2D eigenvalue weighted by molar-refractivity contribution is 6.26. The number of aromatic nitrogens is 1. The van der Waals surface area contributed by atoms with Gasteiger partial charge in [-0.3, -0.25) is 14.6 Å². The molecule has 1 aromatic carbocycles. The zero-order valence-electron chi connectivity index (χ0n) is 12.9. The highest BCUT2D eigenvalue weighted by Gasteiger charge is 2.32. The van der Waals surface area contributed by atoms with E-state index in [1.165, 1.54) is 19.1 Å². The molecule has 7 heteroatoms. The Bertz CT molecular complexity index is 912. The molecule has 0 radical (unpaired) electrons. The molecule has 0 amide bonds. The summed E-state index contributed by atoms with van der Waals surface area (Å²) in [4.78, 5) is 28.7. The van der Waals surface area contributed by atoms with Crippen LogP contribution >= 0.6 is 0 Å². The zero-order chi connectivity index (χ0) is 18.4. The summed E-state index contributed by atoms with van der Waals surface area (Å²) in [5.41, 5.74) is -0.297. The third-order valence-corrected chi connectivity index (χ3v) is 4.05. The molecule has 0 bridgehead atoms. The maximum absolute atomic E-state index is 13.3. The maximum atomic E-state index is 13.3. The highest BCUT2D eigenvalue weighted by atomic mass is 19.4. The number of ketones is 2. The molecule has 1 aliphatic rings. The number of halogens is 4. The molecule has 3 nitrogen and oxygen atoms in total. The van der Waals surface area contributed by atoms with E-state index >= 15 is 0 Å². The van der Waals surface area contributed by atoms with Gasteiger partial charge in [-0.2, -0.15) is 13.2 Å². The van der Waals surface area contributed by atoms with Gasteiger partial charge in [-0.25, -0.2) is 4.39 Å². The summed E-state index contributed by atoms with van der Waals surface area (Å²) in [7, 11) is 0. The Labute approximate surface area is 140 Å². The second-order valence-corrected chi connectivity index (χ2v) is 5.66. The van der Waals surface area contributed by atoms with Gasteiger partial charge < -0.3 is 0 Å². The number of hydrogen-bond donors (Lipinski definition) is 0. The van der Waals surface area contributed by atoms with Crippen molar-refractivity contribution < 1.29 is 27.2 Å². The summed E-state index contributed by atoms with van der Waals surface area (Å²) in [6, 6.07) is 5.36. The van der Waals surface area contributed by atoms with Gasteiger partial charge in [0.15, 0.2) is 11.6 Å².